The molecule has 0 spiro atoms. The standard InChI is InChI=1S/C23H24N4O.C19H15ClN4OS.C19H16N4OS.C19H24N4O.3CH4/c1-16-21(14-19-15-25-23-20(19)11-7-13-24-23)17(2)27(26-16)22(28)12-6-10-18-8-4-3-5-9-18;1-11-4-6-12(7-5-11)9-23-19-24-17(20)16(26-19)15(25)14-10-22-18-13(14)3-2-8-21-18;1-12-4-6-13(7-5-12)9-22-19-23-11-16(25-19)17(24)15-10-21-18-14(15)3-2-8-20-18;1-4-5-6-9-18(24)23-14(3)17(13(2)22-23)11-15-12-21-19-16(15)8-7-10-20-19;;;/h3-5,7-9,11,13,15H,6,10,12,14H2,1-2H3,(H,24,25);2-8,10H,9H2,1H3,(H,21,22)(H,23,24);2-8,10-11H,9H2,1H3,(H,20,21)(H,22,23);7-8,10,12H,4-6,9,11H2,1-3H3,(H,20,21);3*1H4. The Morgan fingerprint density at radius 1 is 0.472 bits per heavy atom. The highest BCUT2D eigenvalue weighted by molar-refractivity contribution is 7.18. The van der Waals surface area contributed by atoms with E-state index in [-0.39, 0.29) is 50.8 Å². The van der Waals surface area contributed by atoms with Crippen LogP contribution in [0.2, 0.25) is 5.15 Å². The molecule has 0 aliphatic heterocycles. The second-order valence-corrected chi connectivity index (χ2v) is 27.6. The lowest BCUT2D eigenvalue weighted by Gasteiger charge is -2.05. The van der Waals surface area contributed by atoms with Gasteiger partial charge in [-0.25, -0.2) is 39.3 Å². The first kappa shape index (κ1) is 78.8. The first-order valence-electron chi connectivity index (χ1n) is 34.2. The van der Waals surface area contributed by atoms with E-state index in [1.807, 2.05) is 88.6 Å². The highest BCUT2D eigenvalue weighted by Gasteiger charge is 2.24. The van der Waals surface area contributed by atoms with Gasteiger partial charge in [0.05, 0.1) is 33.6 Å². The third-order valence-electron chi connectivity index (χ3n) is 17.9. The van der Waals surface area contributed by atoms with E-state index in [0.717, 1.165) is 122 Å². The first-order chi connectivity index (χ1) is 50.1. The molecule has 0 aliphatic rings. The molecule has 0 amide bonds. The predicted molar refractivity (Wildman–Crippen MR) is 431 cm³/mol. The normalized spacial score (nSPS) is 10.8. The maximum atomic E-state index is 12.9. The Balaban J connectivity index is 0.000000162. The Bertz CT molecular complexity index is 5430. The number of carbonyl (C=O) groups is 4. The first-order valence-corrected chi connectivity index (χ1v) is 36.2. The molecule has 6 N–H and O–H groups in total. The molecule has 23 heteroatoms. The summed E-state index contributed by atoms with van der Waals surface area (Å²) in [6, 6.07) is 42.2. The van der Waals surface area contributed by atoms with Gasteiger partial charge >= 0.3 is 0 Å². The summed E-state index contributed by atoms with van der Waals surface area (Å²) in [4.78, 5) is 89.9. The molecular formula is C83H91ClN16O4S2. The maximum absolute atomic E-state index is 12.9. The van der Waals surface area contributed by atoms with Crippen molar-refractivity contribution in [2.45, 2.75) is 142 Å². The average Bonchev–Trinajstić information content (AvgIpc) is 1.66. The zero-order valence-corrected chi connectivity index (χ0v) is 60.8. The molecule has 0 aliphatic carbocycles. The summed E-state index contributed by atoms with van der Waals surface area (Å²) in [7, 11) is 0. The number of aromatic nitrogens is 14. The van der Waals surface area contributed by atoms with E-state index >= 15 is 0 Å². The number of aryl methyl sites for hydroxylation is 5. The van der Waals surface area contributed by atoms with Crippen LogP contribution in [0.15, 0.2) is 183 Å². The second-order valence-electron chi connectivity index (χ2n) is 25.2. The molecule has 12 aromatic heterocycles. The quantitative estimate of drug-likeness (QED) is 0.0272. The molecule has 106 heavy (non-hydrogen) atoms. The number of rotatable bonds is 22. The number of ketones is 2. The van der Waals surface area contributed by atoms with Gasteiger partial charge < -0.3 is 30.6 Å². The molecule has 15 rings (SSSR count). The lowest BCUT2D eigenvalue weighted by atomic mass is 10.0. The molecule has 0 saturated heterocycles. The van der Waals surface area contributed by atoms with Crippen LogP contribution in [-0.2, 0) is 32.4 Å². The number of nitrogens with zero attached hydrogens (tertiary/aromatic N) is 10. The van der Waals surface area contributed by atoms with Gasteiger partial charge in [-0.05, 0) is 137 Å². The van der Waals surface area contributed by atoms with Gasteiger partial charge in [0.15, 0.2) is 15.4 Å². The van der Waals surface area contributed by atoms with Gasteiger partial charge in [0.1, 0.15) is 27.5 Å². The molecule has 20 nitrogen and oxygen atoms in total. The van der Waals surface area contributed by atoms with Crippen LogP contribution in [-0.4, -0.2) is 92.8 Å². The van der Waals surface area contributed by atoms with Gasteiger partial charge in [0.2, 0.25) is 23.4 Å². The Labute approximate surface area is 631 Å². The fraction of sp³-hybridized carbons (Fsp3) is 0.253. The molecule has 0 fully saturated rings. The highest BCUT2D eigenvalue weighted by Crippen LogP contribution is 2.33. The maximum Gasteiger partial charge on any atom is 0.247 e. The lowest BCUT2D eigenvalue weighted by molar-refractivity contribution is 0.0872. The van der Waals surface area contributed by atoms with Crippen LogP contribution in [0.1, 0.15) is 181 Å². The second kappa shape index (κ2) is 36.9. The minimum atomic E-state index is -0.157. The SMILES string of the molecule is C.C.C.CCCCCC(=O)n1nc(C)c(Cc2c[nH]c3ncccc23)c1C.Cc1ccc(CNc2nc(Cl)c(C(=O)c3c[nH]c4ncccc34)s2)cc1.Cc1ccc(CNc2ncc(C(=O)c3c[nH]c4ncccc34)s2)cc1.Cc1nn(C(=O)CCCc2ccccc2)c(C)c1Cc1c[nH]c2ncccc12. The number of halogens is 1. The van der Waals surface area contributed by atoms with Crippen molar-refractivity contribution in [1.82, 2.24) is 69.4 Å². The molecule has 12 heterocycles. The summed E-state index contributed by atoms with van der Waals surface area (Å²) < 4.78 is 3.18. The summed E-state index contributed by atoms with van der Waals surface area (Å²) in [6.07, 6.45) is 23.3. The Morgan fingerprint density at radius 3 is 1.41 bits per heavy atom. The van der Waals surface area contributed by atoms with Crippen molar-refractivity contribution >= 4 is 112 Å². The van der Waals surface area contributed by atoms with Crippen molar-refractivity contribution in [2.75, 3.05) is 10.6 Å². The van der Waals surface area contributed by atoms with Crippen molar-refractivity contribution in [1.29, 1.82) is 0 Å². The number of fused-ring (bicyclic) bond motifs is 4. The summed E-state index contributed by atoms with van der Waals surface area (Å²) >= 11 is 8.85. The molecule has 0 saturated carbocycles. The predicted octanol–water partition coefficient (Wildman–Crippen LogP) is 19.7. The Morgan fingerprint density at radius 2 is 0.915 bits per heavy atom. The molecule has 15 aromatic rings. The van der Waals surface area contributed by atoms with Gasteiger partial charge in [0, 0.05) is 132 Å². The van der Waals surface area contributed by atoms with E-state index in [2.05, 4.69) is 164 Å². The number of aromatic amines is 4. The van der Waals surface area contributed by atoms with E-state index in [4.69, 9.17) is 11.6 Å². The molecule has 546 valence electrons. The van der Waals surface area contributed by atoms with Gasteiger partial charge in [-0.2, -0.15) is 10.2 Å². The molecular weight excluding hydrogens is 1380 g/mol. The summed E-state index contributed by atoms with van der Waals surface area (Å²) in [6.45, 7) is 15.5. The fourth-order valence-corrected chi connectivity index (χ4v) is 14.1. The summed E-state index contributed by atoms with van der Waals surface area (Å²) in [5, 5.41) is 20.9. The van der Waals surface area contributed by atoms with Gasteiger partial charge in [-0.3, -0.25) is 19.2 Å². The third-order valence-corrected chi connectivity index (χ3v) is 20.2. The van der Waals surface area contributed by atoms with Gasteiger partial charge in [-0.1, -0.05) is 166 Å². The Kier molecular flexibility index (Phi) is 27.4. The van der Waals surface area contributed by atoms with Crippen LogP contribution in [0.25, 0.3) is 44.1 Å². The number of unbranched alkanes of at least 4 members (excludes halogenated alkanes) is 2. The van der Waals surface area contributed by atoms with E-state index < -0.39 is 0 Å². The van der Waals surface area contributed by atoms with Crippen LogP contribution in [0, 0.1) is 41.5 Å². The van der Waals surface area contributed by atoms with Crippen LogP contribution in [0.4, 0.5) is 10.3 Å². The number of carbonyl (C=O) groups excluding carboxylic acids is 4. The minimum absolute atomic E-state index is 0. The summed E-state index contributed by atoms with van der Waals surface area (Å²) in [5.74, 6) is -0.0467. The topological polar surface area (TPSA) is 268 Å². The van der Waals surface area contributed by atoms with E-state index in [1.54, 1.807) is 58.8 Å². The molecule has 0 bridgehead atoms. The highest BCUT2D eigenvalue weighted by atomic mass is 35.5. The molecule has 3 aromatic carbocycles. The van der Waals surface area contributed by atoms with Crippen molar-refractivity contribution in [3.63, 3.8) is 0 Å². The number of thiazole rings is 2. The zero-order chi connectivity index (χ0) is 71.9. The number of nitrogens with one attached hydrogen (secondary N) is 6. The van der Waals surface area contributed by atoms with Crippen molar-refractivity contribution in [2.24, 2.45) is 0 Å². The zero-order valence-electron chi connectivity index (χ0n) is 58.4. The number of pyridine rings is 4. The van der Waals surface area contributed by atoms with Crippen LogP contribution in [0.3, 0.4) is 0 Å². The molecule has 0 radical (unpaired) electrons. The van der Waals surface area contributed by atoms with E-state index in [9.17, 15) is 19.2 Å². The monoisotopic (exact) mass is 1470 g/mol. The van der Waals surface area contributed by atoms with Crippen LogP contribution >= 0.6 is 34.3 Å². The van der Waals surface area contributed by atoms with Crippen LogP contribution < -0.4 is 10.6 Å². The van der Waals surface area contributed by atoms with E-state index in [1.165, 1.54) is 56.1 Å². The lowest BCUT2D eigenvalue weighted by Crippen LogP contribution is -2.14. The number of benzene rings is 3. The average molecular weight is 1480 g/mol. The van der Waals surface area contributed by atoms with E-state index in [0.29, 0.717) is 63.2 Å². The number of hydrogen-bond donors (Lipinski definition) is 6. The largest absolute Gasteiger partial charge is 0.357 e. The molecule has 0 atom stereocenters. The van der Waals surface area contributed by atoms with Crippen molar-refractivity contribution in [3.05, 3.63) is 282 Å². The number of anilines is 2. The van der Waals surface area contributed by atoms with Gasteiger partial charge in [0.25, 0.3) is 0 Å². The van der Waals surface area contributed by atoms with Crippen LogP contribution in [0.5, 0.6) is 0 Å². The molecule has 0 unspecified atom stereocenters. The summed E-state index contributed by atoms with van der Waals surface area (Å²) in [5.41, 5.74) is 18.7. The minimum Gasteiger partial charge on any atom is -0.357 e. The third kappa shape index (κ3) is 19.0. The Hall–Kier alpha value is -11.3. The van der Waals surface area contributed by atoms with Gasteiger partial charge in [-0.15, -0.1) is 0 Å². The van der Waals surface area contributed by atoms with Crippen molar-refractivity contribution in [3.8, 4) is 0 Å². The smallest absolute Gasteiger partial charge is 0.247 e. The number of hydrogen-bond acceptors (Lipinski definition) is 16. The fourth-order valence-electron chi connectivity index (χ4n) is 12.2. The number of H-pyrrole nitrogens is 4. The van der Waals surface area contributed by atoms with Crippen molar-refractivity contribution < 1.29 is 19.2 Å².